The van der Waals surface area contributed by atoms with Crippen molar-refractivity contribution in [2.75, 3.05) is 33.4 Å². The van der Waals surface area contributed by atoms with Crippen molar-refractivity contribution < 1.29 is 17.7 Å². The molecule has 23 heavy (non-hydrogen) atoms. The topological polar surface area (TPSA) is 75.9 Å². The highest BCUT2D eigenvalue weighted by Gasteiger charge is 2.38. The minimum absolute atomic E-state index is 0.158. The molecule has 0 saturated carbocycles. The van der Waals surface area contributed by atoms with Gasteiger partial charge in [-0.3, -0.25) is 4.90 Å². The maximum absolute atomic E-state index is 12.9. The molecular formula is C15H27N3O4S. The molecule has 0 aromatic carbocycles. The minimum atomic E-state index is -3.57. The summed E-state index contributed by atoms with van der Waals surface area (Å²) in [6.45, 7) is 10.0. The molecule has 1 aliphatic heterocycles. The minimum Gasteiger partial charge on any atom is -0.385 e. The molecule has 0 radical (unpaired) electrons. The van der Waals surface area contributed by atoms with Gasteiger partial charge in [0.2, 0.25) is 10.0 Å². The van der Waals surface area contributed by atoms with Crippen molar-refractivity contribution >= 4 is 10.0 Å². The van der Waals surface area contributed by atoms with E-state index in [1.54, 1.807) is 25.3 Å². The standard InChI is InChI=1S/C15H27N3O4S/c1-11-9-17(10-12(2)18(11)7-6-8-21-5)23(19,20)15-13(3)16-22-14(15)4/h11-12H,6-10H2,1-5H3. The number of piperazine rings is 1. The van der Waals surface area contributed by atoms with Gasteiger partial charge in [0, 0.05) is 45.4 Å². The molecule has 7 nitrogen and oxygen atoms in total. The Morgan fingerprint density at radius 2 is 1.87 bits per heavy atom. The number of nitrogens with zero attached hydrogens (tertiary/aromatic N) is 3. The third kappa shape index (κ3) is 3.76. The first kappa shape index (κ1) is 18.4. The summed E-state index contributed by atoms with van der Waals surface area (Å²) in [5.74, 6) is 0.352. The molecule has 1 aromatic rings. The number of aryl methyl sites for hydroxylation is 2. The van der Waals surface area contributed by atoms with Crippen LogP contribution >= 0.6 is 0 Å². The molecule has 1 aromatic heterocycles. The molecule has 0 spiro atoms. The molecular weight excluding hydrogens is 318 g/mol. The average molecular weight is 345 g/mol. The van der Waals surface area contributed by atoms with Crippen LogP contribution in [0.5, 0.6) is 0 Å². The first-order valence-corrected chi connectivity index (χ1v) is 9.40. The van der Waals surface area contributed by atoms with Crippen LogP contribution in [-0.2, 0) is 14.8 Å². The van der Waals surface area contributed by atoms with E-state index in [9.17, 15) is 8.42 Å². The maximum atomic E-state index is 12.9. The van der Waals surface area contributed by atoms with Crippen molar-refractivity contribution in [3.63, 3.8) is 0 Å². The first-order chi connectivity index (χ1) is 10.8. The van der Waals surface area contributed by atoms with E-state index in [4.69, 9.17) is 9.26 Å². The average Bonchev–Trinajstić information content (AvgIpc) is 2.81. The van der Waals surface area contributed by atoms with Gasteiger partial charge in [-0.15, -0.1) is 0 Å². The van der Waals surface area contributed by atoms with Gasteiger partial charge in [0.05, 0.1) is 0 Å². The van der Waals surface area contributed by atoms with Crippen molar-refractivity contribution in [3.05, 3.63) is 11.5 Å². The molecule has 0 amide bonds. The van der Waals surface area contributed by atoms with E-state index < -0.39 is 10.0 Å². The van der Waals surface area contributed by atoms with Gasteiger partial charge in [0.1, 0.15) is 10.6 Å². The molecule has 8 heteroatoms. The summed E-state index contributed by atoms with van der Waals surface area (Å²) < 4.78 is 37.6. The molecule has 0 bridgehead atoms. The quantitative estimate of drug-likeness (QED) is 0.726. The second kappa shape index (κ2) is 7.29. The Morgan fingerprint density at radius 1 is 1.26 bits per heavy atom. The second-order valence-corrected chi connectivity index (χ2v) is 8.13. The number of hydrogen-bond acceptors (Lipinski definition) is 6. The van der Waals surface area contributed by atoms with Gasteiger partial charge in [-0.2, -0.15) is 4.31 Å². The lowest BCUT2D eigenvalue weighted by Gasteiger charge is -2.43. The van der Waals surface area contributed by atoms with Gasteiger partial charge in [-0.25, -0.2) is 8.42 Å². The summed E-state index contributed by atoms with van der Waals surface area (Å²) in [6.07, 6.45) is 0.946. The zero-order chi connectivity index (χ0) is 17.2. The van der Waals surface area contributed by atoms with Gasteiger partial charge in [0.15, 0.2) is 5.76 Å². The molecule has 1 aliphatic rings. The normalized spacial score (nSPS) is 24.2. The van der Waals surface area contributed by atoms with Gasteiger partial charge in [-0.05, 0) is 34.1 Å². The highest BCUT2D eigenvalue weighted by Crippen LogP contribution is 2.27. The van der Waals surface area contributed by atoms with Gasteiger partial charge >= 0.3 is 0 Å². The van der Waals surface area contributed by atoms with E-state index in [0.29, 0.717) is 24.5 Å². The van der Waals surface area contributed by atoms with Gasteiger partial charge < -0.3 is 9.26 Å². The smallest absolute Gasteiger partial charge is 0.248 e. The lowest BCUT2D eigenvalue weighted by Crippen LogP contribution is -2.58. The van der Waals surface area contributed by atoms with Crippen molar-refractivity contribution in [2.24, 2.45) is 0 Å². The number of rotatable bonds is 6. The molecule has 2 unspecified atom stereocenters. The molecule has 2 heterocycles. The van der Waals surface area contributed by atoms with Gasteiger partial charge in [-0.1, -0.05) is 5.16 Å². The Morgan fingerprint density at radius 3 is 2.35 bits per heavy atom. The summed E-state index contributed by atoms with van der Waals surface area (Å²) in [7, 11) is -1.87. The molecule has 1 saturated heterocycles. The number of methoxy groups -OCH3 is 1. The number of hydrogen-bond donors (Lipinski definition) is 0. The lowest BCUT2D eigenvalue weighted by atomic mass is 10.1. The highest BCUT2D eigenvalue weighted by molar-refractivity contribution is 7.89. The highest BCUT2D eigenvalue weighted by atomic mass is 32.2. The Balaban J connectivity index is 2.15. The van der Waals surface area contributed by atoms with E-state index in [-0.39, 0.29) is 17.0 Å². The van der Waals surface area contributed by atoms with Crippen LogP contribution in [0.3, 0.4) is 0 Å². The number of ether oxygens (including phenoxy) is 1. The van der Waals surface area contributed by atoms with E-state index in [2.05, 4.69) is 23.9 Å². The Labute approximate surface area is 138 Å². The first-order valence-electron chi connectivity index (χ1n) is 7.96. The van der Waals surface area contributed by atoms with Crippen molar-refractivity contribution in [1.82, 2.24) is 14.4 Å². The summed E-state index contributed by atoms with van der Waals surface area (Å²) >= 11 is 0. The van der Waals surface area contributed by atoms with Crippen LogP contribution in [0.1, 0.15) is 31.7 Å². The zero-order valence-electron chi connectivity index (χ0n) is 14.6. The van der Waals surface area contributed by atoms with Crippen LogP contribution in [0.4, 0.5) is 0 Å². The largest absolute Gasteiger partial charge is 0.385 e. The van der Waals surface area contributed by atoms with Gasteiger partial charge in [0.25, 0.3) is 0 Å². The Bertz CT molecular complexity index is 597. The van der Waals surface area contributed by atoms with E-state index in [0.717, 1.165) is 19.6 Å². The fourth-order valence-corrected chi connectivity index (χ4v) is 5.20. The number of sulfonamides is 1. The van der Waals surface area contributed by atoms with E-state index >= 15 is 0 Å². The maximum Gasteiger partial charge on any atom is 0.248 e. The predicted octanol–water partition coefficient (Wildman–Crippen LogP) is 1.41. The fraction of sp³-hybridized carbons (Fsp3) is 0.800. The van der Waals surface area contributed by atoms with Crippen LogP contribution in [0.25, 0.3) is 0 Å². The molecule has 0 aliphatic carbocycles. The summed E-state index contributed by atoms with van der Waals surface area (Å²) in [5, 5.41) is 3.78. The van der Waals surface area contributed by atoms with Crippen LogP contribution < -0.4 is 0 Å². The van der Waals surface area contributed by atoms with Crippen LogP contribution in [0.15, 0.2) is 9.42 Å². The second-order valence-electron chi connectivity index (χ2n) is 6.26. The molecule has 0 N–H and O–H groups in total. The van der Waals surface area contributed by atoms with E-state index in [1.807, 2.05) is 0 Å². The molecule has 132 valence electrons. The monoisotopic (exact) mass is 345 g/mol. The number of aromatic nitrogens is 1. The van der Waals surface area contributed by atoms with Crippen molar-refractivity contribution in [3.8, 4) is 0 Å². The summed E-state index contributed by atoms with van der Waals surface area (Å²) in [5.41, 5.74) is 0.422. The van der Waals surface area contributed by atoms with Crippen LogP contribution in [-0.4, -0.2) is 68.2 Å². The summed E-state index contributed by atoms with van der Waals surface area (Å²) in [4.78, 5) is 2.56. The third-order valence-electron chi connectivity index (χ3n) is 4.40. The van der Waals surface area contributed by atoms with Crippen LogP contribution in [0, 0.1) is 13.8 Å². The van der Waals surface area contributed by atoms with Crippen molar-refractivity contribution in [1.29, 1.82) is 0 Å². The zero-order valence-corrected chi connectivity index (χ0v) is 15.4. The SMILES string of the molecule is COCCCN1C(C)CN(S(=O)(=O)c2c(C)noc2C)CC1C. The lowest BCUT2D eigenvalue weighted by molar-refractivity contribution is 0.0665. The Kier molecular flexibility index (Phi) is 5.83. The predicted molar refractivity (Wildman–Crippen MR) is 86.9 cm³/mol. The van der Waals surface area contributed by atoms with Crippen molar-refractivity contribution in [2.45, 2.75) is 51.1 Å². The molecule has 2 atom stereocenters. The third-order valence-corrected chi connectivity index (χ3v) is 6.48. The molecule has 1 fully saturated rings. The Hall–Kier alpha value is -0.960. The summed E-state index contributed by atoms with van der Waals surface area (Å²) in [6, 6.07) is 0.316. The molecule has 2 rings (SSSR count). The fourth-order valence-electron chi connectivity index (χ4n) is 3.31. The van der Waals surface area contributed by atoms with Crippen LogP contribution in [0.2, 0.25) is 0 Å². The van der Waals surface area contributed by atoms with E-state index in [1.165, 1.54) is 0 Å².